The van der Waals surface area contributed by atoms with Crippen LogP contribution in [-0.4, -0.2) is 15.9 Å². The Kier molecular flexibility index (Phi) is 4.47. The molecule has 0 aliphatic carbocycles. The molecule has 0 bridgehead atoms. The van der Waals surface area contributed by atoms with E-state index in [1.54, 1.807) is 17.0 Å². The van der Waals surface area contributed by atoms with Crippen molar-refractivity contribution in [1.82, 2.24) is 4.90 Å². The zero-order chi connectivity index (χ0) is 18.8. The van der Waals surface area contributed by atoms with Gasteiger partial charge in [0, 0.05) is 12.1 Å². The first-order valence-corrected chi connectivity index (χ1v) is 8.74. The minimum atomic E-state index is -0.424. The van der Waals surface area contributed by atoms with Gasteiger partial charge in [-0.05, 0) is 28.8 Å². The molecule has 1 aliphatic rings. The number of nitrogens with zero attached hydrogens (tertiary/aromatic N) is 1. The second-order valence-corrected chi connectivity index (χ2v) is 6.50. The molecule has 3 aromatic carbocycles. The molecular formula is C23H18FNO2. The van der Waals surface area contributed by atoms with Crippen molar-refractivity contribution in [3.63, 3.8) is 0 Å². The number of aliphatic hydroxyl groups excluding tert-OH is 1. The van der Waals surface area contributed by atoms with Crippen LogP contribution in [0, 0.1) is 5.82 Å². The smallest absolute Gasteiger partial charge is 0.290 e. The standard InChI is InChI=1S/C23H18FNO2/c24-19-13-11-16(12-14-19)15-25-21(18-9-5-2-6-10-18)20(22(26)23(25)27)17-7-3-1-4-8-17/h1-14,21,26H,15H2/t21-/m0/s1. The van der Waals surface area contributed by atoms with E-state index < -0.39 is 11.9 Å². The lowest BCUT2D eigenvalue weighted by Gasteiger charge is -2.27. The number of rotatable bonds is 4. The predicted molar refractivity (Wildman–Crippen MR) is 102 cm³/mol. The van der Waals surface area contributed by atoms with Gasteiger partial charge in [-0.2, -0.15) is 0 Å². The Balaban J connectivity index is 1.79. The molecule has 1 aliphatic heterocycles. The van der Waals surface area contributed by atoms with Crippen molar-refractivity contribution in [3.8, 4) is 0 Å². The van der Waals surface area contributed by atoms with E-state index in [2.05, 4.69) is 0 Å². The van der Waals surface area contributed by atoms with Crippen molar-refractivity contribution >= 4 is 11.5 Å². The highest BCUT2D eigenvalue weighted by Gasteiger charge is 2.40. The summed E-state index contributed by atoms with van der Waals surface area (Å²) in [5.74, 6) is -0.985. The summed E-state index contributed by atoms with van der Waals surface area (Å²) >= 11 is 0. The van der Waals surface area contributed by atoms with Crippen molar-refractivity contribution in [2.24, 2.45) is 0 Å². The largest absolute Gasteiger partial charge is 0.503 e. The van der Waals surface area contributed by atoms with Gasteiger partial charge in [0.05, 0.1) is 6.04 Å². The Morgan fingerprint density at radius 1 is 0.852 bits per heavy atom. The minimum absolute atomic E-state index is 0.239. The van der Waals surface area contributed by atoms with E-state index in [0.717, 1.165) is 16.7 Å². The second-order valence-electron chi connectivity index (χ2n) is 6.50. The summed E-state index contributed by atoms with van der Waals surface area (Å²) in [6, 6.07) is 24.7. The van der Waals surface area contributed by atoms with Crippen LogP contribution in [0.5, 0.6) is 0 Å². The van der Waals surface area contributed by atoms with E-state index in [0.29, 0.717) is 5.57 Å². The monoisotopic (exact) mass is 359 g/mol. The molecule has 3 aromatic rings. The van der Waals surface area contributed by atoms with Crippen LogP contribution < -0.4 is 0 Å². The molecule has 0 radical (unpaired) electrons. The summed E-state index contributed by atoms with van der Waals surface area (Å²) in [6.07, 6.45) is 0. The molecule has 4 rings (SSSR count). The Morgan fingerprint density at radius 2 is 1.44 bits per heavy atom. The molecule has 0 spiro atoms. The molecule has 27 heavy (non-hydrogen) atoms. The first-order chi connectivity index (χ1) is 13.1. The quantitative estimate of drug-likeness (QED) is 0.721. The summed E-state index contributed by atoms with van der Waals surface area (Å²) in [6.45, 7) is 0.277. The minimum Gasteiger partial charge on any atom is -0.503 e. The van der Waals surface area contributed by atoms with Crippen molar-refractivity contribution < 1.29 is 14.3 Å². The fraction of sp³-hybridized carbons (Fsp3) is 0.0870. The zero-order valence-electron chi connectivity index (χ0n) is 14.5. The number of halogens is 1. The van der Waals surface area contributed by atoms with Crippen LogP contribution in [0.4, 0.5) is 4.39 Å². The molecule has 1 heterocycles. The molecule has 134 valence electrons. The lowest BCUT2D eigenvalue weighted by Crippen LogP contribution is -2.29. The van der Waals surface area contributed by atoms with Crippen molar-refractivity contribution in [3.05, 3.63) is 113 Å². The van der Waals surface area contributed by atoms with Gasteiger partial charge in [0.1, 0.15) is 5.82 Å². The maximum atomic E-state index is 13.2. The number of carbonyl (C=O) groups is 1. The molecular weight excluding hydrogens is 341 g/mol. The molecule has 0 unspecified atom stereocenters. The van der Waals surface area contributed by atoms with Gasteiger partial charge in [0.15, 0.2) is 5.76 Å². The average Bonchev–Trinajstić information content (AvgIpc) is 2.96. The van der Waals surface area contributed by atoms with Gasteiger partial charge < -0.3 is 10.0 Å². The highest BCUT2D eigenvalue weighted by Crippen LogP contribution is 2.43. The Labute approximate surface area is 157 Å². The van der Waals surface area contributed by atoms with Crippen molar-refractivity contribution in [2.45, 2.75) is 12.6 Å². The third-order valence-corrected chi connectivity index (χ3v) is 4.77. The van der Waals surface area contributed by atoms with E-state index >= 15 is 0 Å². The second kappa shape index (κ2) is 7.08. The SMILES string of the molecule is O=C1C(O)=C(c2ccccc2)[C@H](c2ccccc2)N1Cc1ccc(F)cc1. The molecule has 1 N–H and O–H groups in total. The summed E-state index contributed by atoms with van der Waals surface area (Å²) in [4.78, 5) is 14.5. The van der Waals surface area contributed by atoms with Crippen LogP contribution in [-0.2, 0) is 11.3 Å². The number of benzene rings is 3. The van der Waals surface area contributed by atoms with Crippen LogP contribution in [0.1, 0.15) is 22.7 Å². The lowest BCUT2D eigenvalue weighted by atomic mass is 9.93. The summed E-state index contributed by atoms with van der Waals surface area (Å²) in [7, 11) is 0. The third kappa shape index (κ3) is 3.22. The molecule has 1 atom stereocenters. The molecule has 0 fully saturated rings. The Morgan fingerprint density at radius 3 is 2.07 bits per heavy atom. The van der Waals surface area contributed by atoms with E-state index in [4.69, 9.17) is 0 Å². The van der Waals surface area contributed by atoms with Gasteiger partial charge in [0.2, 0.25) is 0 Å². The van der Waals surface area contributed by atoms with E-state index in [9.17, 15) is 14.3 Å². The van der Waals surface area contributed by atoms with E-state index in [-0.39, 0.29) is 18.1 Å². The van der Waals surface area contributed by atoms with Crippen LogP contribution in [0.25, 0.3) is 5.57 Å². The zero-order valence-corrected chi connectivity index (χ0v) is 14.5. The van der Waals surface area contributed by atoms with E-state index in [1.807, 2.05) is 60.7 Å². The van der Waals surface area contributed by atoms with Gasteiger partial charge in [-0.1, -0.05) is 72.8 Å². The molecule has 1 amide bonds. The Bertz CT molecular complexity index is 982. The highest BCUT2D eigenvalue weighted by atomic mass is 19.1. The maximum absolute atomic E-state index is 13.2. The molecule has 4 heteroatoms. The van der Waals surface area contributed by atoms with Gasteiger partial charge >= 0.3 is 0 Å². The number of hydrogen-bond donors (Lipinski definition) is 1. The summed E-state index contributed by atoms with van der Waals surface area (Å²) < 4.78 is 13.2. The van der Waals surface area contributed by atoms with Crippen molar-refractivity contribution in [1.29, 1.82) is 0 Å². The molecule has 0 saturated carbocycles. The summed E-state index contributed by atoms with van der Waals surface area (Å²) in [5, 5.41) is 10.7. The van der Waals surface area contributed by atoms with E-state index in [1.165, 1.54) is 12.1 Å². The number of hydrogen-bond acceptors (Lipinski definition) is 2. The average molecular weight is 359 g/mol. The summed E-state index contributed by atoms with van der Waals surface area (Å²) in [5.41, 5.74) is 3.11. The molecule has 0 aromatic heterocycles. The fourth-order valence-corrected chi connectivity index (χ4v) is 3.50. The maximum Gasteiger partial charge on any atom is 0.290 e. The molecule has 3 nitrogen and oxygen atoms in total. The first kappa shape index (κ1) is 17.0. The fourth-order valence-electron chi connectivity index (χ4n) is 3.50. The third-order valence-electron chi connectivity index (χ3n) is 4.77. The van der Waals surface area contributed by atoms with Crippen LogP contribution in [0.3, 0.4) is 0 Å². The number of aliphatic hydroxyl groups is 1. The van der Waals surface area contributed by atoms with Gasteiger partial charge in [-0.3, -0.25) is 4.79 Å². The van der Waals surface area contributed by atoms with Gasteiger partial charge in [-0.15, -0.1) is 0 Å². The Hall–Kier alpha value is -3.40. The molecule has 0 saturated heterocycles. The van der Waals surface area contributed by atoms with Crippen LogP contribution in [0.15, 0.2) is 90.7 Å². The van der Waals surface area contributed by atoms with Crippen molar-refractivity contribution in [2.75, 3.05) is 0 Å². The van der Waals surface area contributed by atoms with Crippen LogP contribution >= 0.6 is 0 Å². The lowest BCUT2D eigenvalue weighted by molar-refractivity contribution is -0.130. The van der Waals surface area contributed by atoms with Gasteiger partial charge in [0.25, 0.3) is 5.91 Å². The topological polar surface area (TPSA) is 40.5 Å². The van der Waals surface area contributed by atoms with Crippen LogP contribution in [0.2, 0.25) is 0 Å². The van der Waals surface area contributed by atoms with Gasteiger partial charge in [-0.25, -0.2) is 4.39 Å². The normalized spacial score (nSPS) is 16.9. The highest BCUT2D eigenvalue weighted by molar-refractivity contribution is 6.05. The number of carbonyl (C=O) groups excluding carboxylic acids is 1. The predicted octanol–water partition coefficient (Wildman–Crippen LogP) is 4.88. The first-order valence-electron chi connectivity index (χ1n) is 8.74. The number of amides is 1.